The highest BCUT2D eigenvalue weighted by Crippen LogP contribution is 2.19. The van der Waals surface area contributed by atoms with Crippen LogP contribution in [-0.4, -0.2) is 22.4 Å². The zero-order valence-corrected chi connectivity index (χ0v) is 17.0. The van der Waals surface area contributed by atoms with Crippen LogP contribution >= 0.6 is 15.9 Å². The predicted octanol–water partition coefficient (Wildman–Crippen LogP) is 4.58. The van der Waals surface area contributed by atoms with Crippen LogP contribution < -0.4 is 5.43 Å². The number of likely N-dealkylation sites (N-methyl/N-ethyl adjacent to an activating group) is 1. The summed E-state index contributed by atoms with van der Waals surface area (Å²) in [4.78, 5) is 27.5. The fraction of sp³-hybridized carbons (Fsp3) is 0.130. The molecule has 0 N–H and O–H groups in total. The first-order chi connectivity index (χ1) is 13.5. The Bertz CT molecular complexity index is 1170. The Kier molecular flexibility index (Phi) is 5.01. The average Bonchev–Trinajstić information content (AvgIpc) is 2.72. The molecule has 1 amide bonds. The molecule has 4 nitrogen and oxygen atoms in total. The number of amides is 1. The predicted molar refractivity (Wildman–Crippen MR) is 116 cm³/mol. The molecule has 4 aromatic rings. The number of carbonyl (C=O) groups excluding carboxylic acids is 1. The third kappa shape index (κ3) is 3.45. The first kappa shape index (κ1) is 18.4. The Morgan fingerprint density at radius 2 is 1.43 bits per heavy atom. The van der Waals surface area contributed by atoms with Gasteiger partial charge in [-0.15, -0.1) is 0 Å². The number of rotatable bonds is 4. The van der Waals surface area contributed by atoms with Crippen molar-refractivity contribution in [1.29, 1.82) is 0 Å². The number of para-hydroxylation sites is 2. The molecule has 140 valence electrons. The zero-order valence-electron chi connectivity index (χ0n) is 15.4. The van der Waals surface area contributed by atoms with E-state index in [2.05, 4.69) is 15.9 Å². The summed E-state index contributed by atoms with van der Waals surface area (Å²) in [5.41, 5.74) is 2.61. The molecule has 1 heterocycles. The summed E-state index contributed by atoms with van der Waals surface area (Å²) in [7, 11) is 1.80. The molecule has 0 radical (unpaired) electrons. The molecule has 1 aromatic heterocycles. The van der Waals surface area contributed by atoms with Crippen molar-refractivity contribution in [3.63, 3.8) is 0 Å². The molecular formula is C23H19BrN2O2. The monoisotopic (exact) mass is 434 g/mol. The van der Waals surface area contributed by atoms with Gasteiger partial charge in [-0.05, 0) is 42.0 Å². The molecule has 3 aromatic carbocycles. The van der Waals surface area contributed by atoms with Gasteiger partial charge >= 0.3 is 0 Å². The number of hydrogen-bond acceptors (Lipinski definition) is 2. The van der Waals surface area contributed by atoms with Crippen LogP contribution in [0.2, 0.25) is 0 Å². The van der Waals surface area contributed by atoms with Crippen LogP contribution in [0.25, 0.3) is 21.8 Å². The summed E-state index contributed by atoms with van der Waals surface area (Å²) in [5, 5.41) is 1.26. The van der Waals surface area contributed by atoms with Gasteiger partial charge < -0.3 is 9.47 Å². The van der Waals surface area contributed by atoms with Crippen molar-refractivity contribution < 1.29 is 4.79 Å². The smallest absolute Gasteiger partial charge is 0.242 e. The number of halogens is 1. The molecule has 0 aliphatic carbocycles. The molecule has 0 saturated carbocycles. The number of pyridine rings is 1. The first-order valence-corrected chi connectivity index (χ1v) is 9.82. The van der Waals surface area contributed by atoms with E-state index in [1.165, 1.54) is 0 Å². The van der Waals surface area contributed by atoms with Gasteiger partial charge in [0.1, 0.15) is 6.54 Å². The Hall–Kier alpha value is -2.92. The lowest BCUT2D eigenvalue weighted by Crippen LogP contribution is -2.30. The van der Waals surface area contributed by atoms with E-state index >= 15 is 0 Å². The second-order valence-corrected chi connectivity index (χ2v) is 7.74. The third-order valence-corrected chi connectivity index (χ3v) is 5.46. The highest BCUT2D eigenvalue weighted by atomic mass is 79.9. The molecule has 4 rings (SSSR count). The maximum absolute atomic E-state index is 13.0. The number of nitrogens with zero attached hydrogens (tertiary/aromatic N) is 2. The molecule has 0 fully saturated rings. The molecule has 28 heavy (non-hydrogen) atoms. The molecule has 0 saturated heterocycles. The average molecular weight is 435 g/mol. The van der Waals surface area contributed by atoms with Crippen molar-refractivity contribution in [2.75, 3.05) is 7.05 Å². The standard InChI is InChI=1S/C23H19BrN2O2/c1-25(14-16-10-12-17(24)13-11-16)22(27)15-26-20-8-4-2-6-18(20)23(28)19-7-3-5-9-21(19)26/h2-13H,14-15H2,1H3. The SMILES string of the molecule is CN(Cc1ccc(Br)cc1)C(=O)Cn1c2ccccc2c(=O)c2ccccc21. The largest absolute Gasteiger partial charge is 0.340 e. The van der Waals surface area contributed by atoms with Gasteiger partial charge in [0, 0.05) is 28.8 Å². The fourth-order valence-corrected chi connectivity index (χ4v) is 3.72. The second kappa shape index (κ2) is 7.60. The van der Waals surface area contributed by atoms with Crippen molar-refractivity contribution in [1.82, 2.24) is 9.47 Å². The Morgan fingerprint density at radius 1 is 0.893 bits per heavy atom. The van der Waals surface area contributed by atoms with Crippen molar-refractivity contribution in [3.05, 3.63) is 93.1 Å². The maximum Gasteiger partial charge on any atom is 0.242 e. The minimum absolute atomic E-state index is 0.00174. The van der Waals surface area contributed by atoms with Crippen LogP contribution in [-0.2, 0) is 17.9 Å². The van der Waals surface area contributed by atoms with Gasteiger partial charge in [-0.2, -0.15) is 0 Å². The lowest BCUT2D eigenvalue weighted by Gasteiger charge is -2.20. The van der Waals surface area contributed by atoms with E-state index in [9.17, 15) is 9.59 Å². The van der Waals surface area contributed by atoms with Crippen molar-refractivity contribution in [2.24, 2.45) is 0 Å². The summed E-state index contributed by atoms with van der Waals surface area (Å²) in [6.45, 7) is 0.705. The number of hydrogen-bond donors (Lipinski definition) is 0. The van der Waals surface area contributed by atoms with Crippen molar-refractivity contribution >= 4 is 43.6 Å². The van der Waals surface area contributed by atoms with Gasteiger partial charge in [-0.25, -0.2) is 0 Å². The molecule has 0 aliphatic heterocycles. The number of fused-ring (bicyclic) bond motifs is 2. The van der Waals surface area contributed by atoms with Crippen LogP contribution in [0, 0.1) is 0 Å². The summed E-state index contributed by atoms with van der Waals surface area (Å²) in [6.07, 6.45) is 0. The summed E-state index contributed by atoms with van der Waals surface area (Å²) < 4.78 is 2.95. The topological polar surface area (TPSA) is 42.3 Å². The van der Waals surface area contributed by atoms with Gasteiger partial charge in [0.05, 0.1) is 11.0 Å². The van der Waals surface area contributed by atoms with E-state index in [0.717, 1.165) is 21.1 Å². The van der Waals surface area contributed by atoms with Crippen molar-refractivity contribution in [3.8, 4) is 0 Å². The van der Waals surface area contributed by atoms with Crippen LogP contribution in [0.15, 0.2) is 82.1 Å². The molecule has 0 bridgehead atoms. The first-order valence-electron chi connectivity index (χ1n) is 9.03. The quantitative estimate of drug-likeness (QED) is 0.441. The Labute approximate surface area is 171 Å². The number of carbonyl (C=O) groups is 1. The molecule has 0 unspecified atom stereocenters. The van der Waals surface area contributed by atoms with E-state index in [-0.39, 0.29) is 17.9 Å². The summed E-state index contributed by atoms with van der Waals surface area (Å²) >= 11 is 3.43. The lowest BCUT2D eigenvalue weighted by atomic mass is 10.1. The molecule has 5 heteroatoms. The minimum atomic E-state index is -0.0122. The van der Waals surface area contributed by atoms with Crippen LogP contribution in [0.1, 0.15) is 5.56 Å². The maximum atomic E-state index is 13.0. The Balaban J connectivity index is 1.72. The van der Waals surface area contributed by atoms with E-state index < -0.39 is 0 Å². The van der Waals surface area contributed by atoms with Gasteiger partial charge in [0.15, 0.2) is 5.43 Å². The second-order valence-electron chi connectivity index (χ2n) is 6.83. The van der Waals surface area contributed by atoms with E-state index in [4.69, 9.17) is 0 Å². The van der Waals surface area contributed by atoms with Gasteiger partial charge in [-0.1, -0.05) is 52.3 Å². The van der Waals surface area contributed by atoms with Crippen LogP contribution in [0.5, 0.6) is 0 Å². The molecule has 0 atom stereocenters. The minimum Gasteiger partial charge on any atom is -0.340 e. The normalized spacial score (nSPS) is 11.1. The third-order valence-electron chi connectivity index (χ3n) is 4.93. The summed E-state index contributed by atoms with van der Waals surface area (Å²) in [6, 6.07) is 22.8. The van der Waals surface area contributed by atoms with Gasteiger partial charge in [0.25, 0.3) is 0 Å². The van der Waals surface area contributed by atoms with Gasteiger partial charge in [0.2, 0.25) is 5.91 Å². The molecule has 0 aliphatic rings. The van der Waals surface area contributed by atoms with Gasteiger partial charge in [-0.3, -0.25) is 9.59 Å². The van der Waals surface area contributed by atoms with E-state index in [1.807, 2.05) is 77.4 Å². The highest BCUT2D eigenvalue weighted by molar-refractivity contribution is 9.10. The fourth-order valence-electron chi connectivity index (χ4n) is 3.46. The van der Waals surface area contributed by atoms with Crippen LogP contribution in [0.4, 0.5) is 0 Å². The number of benzene rings is 3. The van der Waals surface area contributed by atoms with Crippen LogP contribution in [0.3, 0.4) is 0 Å². The lowest BCUT2D eigenvalue weighted by molar-refractivity contribution is -0.130. The zero-order chi connectivity index (χ0) is 19.7. The molecular weight excluding hydrogens is 416 g/mol. The number of aromatic nitrogens is 1. The summed E-state index contributed by atoms with van der Waals surface area (Å²) in [5.74, 6) is -0.0122. The van der Waals surface area contributed by atoms with E-state index in [0.29, 0.717) is 17.3 Å². The molecule has 0 spiro atoms. The van der Waals surface area contributed by atoms with Crippen molar-refractivity contribution in [2.45, 2.75) is 13.1 Å². The van der Waals surface area contributed by atoms with E-state index in [1.54, 1.807) is 11.9 Å². The Morgan fingerprint density at radius 3 is 2.00 bits per heavy atom. The highest BCUT2D eigenvalue weighted by Gasteiger charge is 2.15.